The molecule has 1 N–H and O–H groups in total. The van der Waals surface area contributed by atoms with E-state index in [1.54, 1.807) is 11.3 Å². The van der Waals surface area contributed by atoms with Crippen LogP contribution in [-0.2, 0) is 13.0 Å². The van der Waals surface area contributed by atoms with Crippen molar-refractivity contribution in [2.75, 3.05) is 19.7 Å². The predicted molar refractivity (Wildman–Crippen MR) is 116 cm³/mol. The Balaban J connectivity index is 1.14. The molecule has 0 spiro atoms. The molecule has 1 aliphatic carbocycles. The molecule has 4 heterocycles. The predicted octanol–water partition coefficient (Wildman–Crippen LogP) is 3.39. The molecule has 6 nitrogen and oxygen atoms in total. The van der Waals surface area contributed by atoms with E-state index in [2.05, 4.69) is 50.2 Å². The molecule has 156 valence electrons. The van der Waals surface area contributed by atoms with Gasteiger partial charge in [-0.05, 0) is 53.3 Å². The monoisotopic (exact) mass is 422 g/mol. The van der Waals surface area contributed by atoms with E-state index in [0.29, 0.717) is 11.8 Å². The van der Waals surface area contributed by atoms with Crippen LogP contribution in [0.4, 0.5) is 0 Å². The number of aliphatic hydroxyl groups is 1. The van der Waals surface area contributed by atoms with Crippen molar-refractivity contribution >= 4 is 11.3 Å². The highest BCUT2D eigenvalue weighted by atomic mass is 32.1. The molecular formula is C23H26N4O2S. The third-order valence-electron chi connectivity index (χ3n) is 7.01. The number of nitrogens with zero attached hydrogens (tertiary/aromatic N) is 4. The minimum absolute atomic E-state index is 0.0169. The lowest BCUT2D eigenvalue weighted by atomic mass is 9.77. The average molecular weight is 423 g/mol. The molecule has 6 rings (SSSR count). The van der Waals surface area contributed by atoms with Crippen molar-refractivity contribution in [3.05, 3.63) is 52.3 Å². The van der Waals surface area contributed by atoms with E-state index in [-0.39, 0.29) is 12.1 Å². The van der Waals surface area contributed by atoms with E-state index < -0.39 is 0 Å². The maximum absolute atomic E-state index is 10.9. The van der Waals surface area contributed by atoms with Gasteiger partial charge in [0, 0.05) is 37.0 Å². The lowest BCUT2D eigenvalue weighted by Gasteiger charge is -2.35. The minimum atomic E-state index is -0.361. The summed E-state index contributed by atoms with van der Waals surface area (Å²) in [6, 6.07) is 8.71. The van der Waals surface area contributed by atoms with E-state index in [4.69, 9.17) is 4.74 Å². The summed E-state index contributed by atoms with van der Waals surface area (Å²) in [5, 5.41) is 23.7. The highest BCUT2D eigenvalue weighted by Gasteiger charge is 2.42. The van der Waals surface area contributed by atoms with Gasteiger partial charge in [-0.3, -0.25) is 4.90 Å². The Kier molecular flexibility index (Phi) is 4.62. The molecule has 0 amide bonds. The molecule has 2 aliphatic heterocycles. The van der Waals surface area contributed by atoms with Crippen LogP contribution in [0.2, 0.25) is 0 Å². The zero-order valence-corrected chi connectivity index (χ0v) is 17.7. The minimum Gasteiger partial charge on any atom is -0.493 e. The third kappa shape index (κ3) is 3.35. The molecule has 1 saturated carbocycles. The molecule has 30 heavy (non-hydrogen) atoms. The van der Waals surface area contributed by atoms with Crippen LogP contribution in [0.15, 0.2) is 41.2 Å². The summed E-state index contributed by atoms with van der Waals surface area (Å²) in [6.07, 6.45) is 4.47. The smallest absolute Gasteiger partial charge is 0.122 e. The molecule has 0 bridgehead atoms. The SMILES string of the molecule is O[C@@H]1C[C@H]2CN(Cc3ccc4c(c3)CCO4)C[C@H]2C[C@H]1n1cc(-c2ccsc2)nn1. The number of fused-ring (bicyclic) bond motifs is 2. The standard InChI is InChI=1S/C23H26N4O2S/c28-22-9-19-12-26(10-15-1-2-23-16(7-15)3-5-29-23)11-18(19)8-21(22)27-13-20(24-25-27)17-4-6-30-14-17/h1-2,4,6-7,13-14,18-19,21-22,28H,3,5,8-12H2/t18-,19+,21-,22-/m1/s1. The molecule has 2 fully saturated rings. The second kappa shape index (κ2) is 7.48. The first-order valence-corrected chi connectivity index (χ1v) is 11.8. The summed E-state index contributed by atoms with van der Waals surface area (Å²) in [6.45, 7) is 3.95. The summed E-state index contributed by atoms with van der Waals surface area (Å²) < 4.78 is 7.54. The van der Waals surface area contributed by atoms with Crippen LogP contribution < -0.4 is 4.74 Å². The fraction of sp³-hybridized carbons (Fsp3) is 0.478. The maximum Gasteiger partial charge on any atom is 0.122 e. The first-order chi connectivity index (χ1) is 14.7. The van der Waals surface area contributed by atoms with Crippen LogP contribution in [0.3, 0.4) is 0 Å². The fourth-order valence-electron chi connectivity index (χ4n) is 5.50. The Hall–Kier alpha value is -2.22. The third-order valence-corrected chi connectivity index (χ3v) is 7.70. The Morgan fingerprint density at radius 3 is 2.93 bits per heavy atom. The van der Waals surface area contributed by atoms with Crippen molar-refractivity contribution in [1.82, 2.24) is 19.9 Å². The second-order valence-electron chi connectivity index (χ2n) is 8.96. The van der Waals surface area contributed by atoms with Gasteiger partial charge < -0.3 is 9.84 Å². The highest BCUT2D eigenvalue weighted by Crippen LogP contribution is 2.42. The Bertz CT molecular complexity index is 1030. The Labute approximate surface area is 180 Å². The molecule has 1 saturated heterocycles. The van der Waals surface area contributed by atoms with Gasteiger partial charge in [-0.15, -0.1) is 5.10 Å². The molecule has 4 atom stereocenters. The second-order valence-corrected chi connectivity index (χ2v) is 9.74. The quantitative estimate of drug-likeness (QED) is 0.698. The topological polar surface area (TPSA) is 63.4 Å². The number of benzene rings is 1. The lowest BCUT2D eigenvalue weighted by molar-refractivity contribution is 0.0298. The van der Waals surface area contributed by atoms with Gasteiger partial charge in [0.2, 0.25) is 0 Å². The van der Waals surface area contributed by atoms with Gasteiger partial charge >= 0.3 is 0 Å². The number of thiophene rings is 1. The van der Waals surface area contributed by atoms with Gasteiger partial charge in [-0.2, -0.15) is 11.3 Å². The molecule has 3 aliphatic rings. The number of rotatable bonds is 4. The number of hydrogen-bond donors (Lipinski definition) is 1. The highest BCUT2D eigenvalue weighted by molar-refractivity contribution is 7.08. The largest absolute Gasteiger partial charge is 0.493 e. The average Bonchev–Trinajstić information content (AvgIpc) is 3.51. The van der Waals surface area contributed by atoms with Gasteiger partial charge in [0.1, 0.15) is 11.4 Å². The van der Waals surface area contributed by atoms with Crippen LogP contribution >= 0.6 is 11.3 Å². The molecule has 0 radical (unpaired) electrons. The van der Waals surface area contributed by atoms with E-state index in [1.807, 2.05) is 10.9 Å². The lowest BCUT2D eigenvalue weighted by Crippen LogP contribution is -2.36. The van der Waals surface area contributed by atoms with Crippen molar-refractivity contribution in [3.63, 3.8) is 0 Å². The number of hydrogen-bond acceptors (Lipinski definition) is 6. The van der Waals surface area contributed by atoms with Gasteiger partial charge in [0.05, 0.1) is 24.9 Å². The maximum atomic E-state index is 10.9. The Morgan fingerprint density at radius 1 is 1.17 bits per heavy atom. The number of aliphatic hydroxyl groups excluding tert-OH is 1. The summed E-state index contributed by atoms with van der Waals surface area (Å²) in [7, 11) is 0. The van der Waals surface area contributed by atoms with Crippen molar-refractivity contribution in [3.8, 4) is 17.0 Å². The molecular weight excluding hydrogens is 396 g/mol. The van der Waals surface area contributed by atoms with E-state index in [1.165, 1.54) is 11.1 Å². The zero-order chi connectivity index (χ0) is 20.1. The Morgan fingerprint density at radius 2 is 2.07 bits per heavy atom. The van der Waals surface area contributed by atoms with Crippen LogP contribution in [0.1, 0.15) is 30.0 Å². The zero-order valence-electron chi connectivity index (χ0n) is 16.9. The first kappa shape index (κ1) is 18.5. The number of likely N-dealkylation sites (tertiary alicyclic amines) is 1. The first-order valence-electron chi connectivity index (χ1n) is 10.8. The van der Waals surface area contributed by atoms with Crippen LogP contribution in [-0.4, -0.2) is 50.8 Å². The van der Waals surface area contributed by atoms with E-state index in [0.717, 1.165) is 62.5 Å². The van der Waals surface area contributed by atoms with Gasteiger partial charge in [0.25, 0.3) is 0 Å². The summed E-state index contributed by atoms with van der Waals surface area (Å²) in [5.74, 6) is 2.22. The van der Waals surface area contributed by atoms with E-state index >= 15 is 0 Å². The van der Waals surface area contributed by atoms with Crippen LogP contribution in [0, 0.1) is 11.8 Å². The van der Waals surface area contributed by atoms with Gasteiger partial charge in [-0.1, -0.05) is 17.3 Å². The van der Waals surface area contributed by atoms with Crippen molar-refractivity contribution in [2.45, 2.75) is 38.0 Å². The van der Waals surface area contributed by atoms with Gasteiger partial charge in [-0.25, -0.2) is 4.68 Å². The van der Waals surface area contributed by atoms with Crippen molar-refractivity contribution < 1.29 is 9.84 Å². The molecule has 7 heteroatoms. The molecule has 3 aromatic rings. The number of ether oxygens (including phenoxy) is 1. The molecule has 1 aromatic carbocycles. The van der Waals surface area contributed by atoms with Gasteiger partial charge in [0.15, 0.2) is 0 Å². The van der Waals surface area contributed by atoms with Crippen LogP contribution in [0.5, 0.6) is 5.75 Å². The summed E-state index contributed by atoms with van der Waals surface area (Å²) in [4.78, 5) is 2.56. The summed E-state index contributed by atoms with van der Waals surface area (Å²) >= 11 is 1.66. The van der Waals surface area contributed by atoms with Crippen LogP contribution in [0.25, 0.3) is 11.3 Å². The van der Waals surface area contributed by atoms with E-state index in [9.17, 15) is 5.11 Å². The fourth-order valence-corrected chi connectivity index (χ4v) is 6.15. The normalized spacial score (nSPS) is 28.3. The van der Waals surface area contributed by atoms with Crippen molar-refractivity contribution in [2.24, 2.45) is 11.8 Å². The number of aromatic nitrogens is 3. The van der Waals surface area contributed by atoms with Crippen molar-refractivity contribution in [1.29, 1.82) is 0 Å². The summed E-state index contributed by atoms with van der Waals surface area (Å²) in [5.41, 5.74) is 4.69. The molecule has 0 unspecified atom stereocenters. The molecule has 2 aromatic heterocycles.